The first-order chi connectivity index (χ1) is 3.30. The Balaban J connectivity index is 2.54. The molecule has 0 bridgehead atoms. The summed E-state index contributed by atoms with van der Waals surface area (Å²) in [5, 5.41) is 3.17. The highest BCUT2D eigenvalue weighted by atomic mass is 35.5. The van der Waals surface area contributed by atoms with Gasteiger partial charge in [0.2, 0.25) is 0 Å². The molecular formula is C3H5ClN2O. The second-order valence-electron chi connectivity index (χ2n) is 1.28. The third-order valence-corrected chi connectivity index (χ3v) is 1.06. The third kappa shape index (κ3) is 0.771. The Bertz CT molecular complexity index is 103. The Kier molecular flexibility index (Phi) is 1.06. The molecule has 0 aliphatic carbocycles. The van der Waals surface area contributed by atoms with Crippen LogP contribution in [0.15, 0.2) is 5.16 Å². The molecule has 1 rings (SSSR count). The number of hydrogen-bond acceptors (Lipinski definition) is 3. The summed E-state index contributed by atoms with van der Waals surface area (Å²) >= 11 is 5.48. The number of alkyl halides is 1. The molecule has 4 heteroatoms. The van der Waals surface area contributed by atoms with Crippen molar-refractivity contribution in [3.63, 3.8) is 0 Å². The zero-order chi connectivity index (χ0) is 5.28. The predicted octanol–water partition coefficient (Wildman–Crippen LogP) is -0.104. The van der Waals surface area contributed by atoms with E-state index >= 15 is 0 Å². The van der Waals surface area contributed by atoms with Gasteiger partial charge in [0.05, 0.1) is 0 Å². The first kappa shape index (κ1) is 4.71. The Morgan fingerprint density at radius 1 is 2.00 bits per heavy atom. The van der Waals surface area contributed by atoms with E-state index in [9.17, 15) is 0 Å². The monoisotopic (exact) mass is 120 g/mol. The second-order valence-corrected chi connectivity index (χ2v) is 1.81. The summed E-state index contributed by atoms with van der Waals surface area (Å²) in [6.45, 7) is 0.410. The Morgan fingerprint density at radius 2 is 2.71 bits per heavy atom. The second kappa shape index (κ2) is 1.58. The SMILES string of the molecule is NC1=NOCC1Cl. The molecule has 3 nitrogen and oxygen atoms in total. The van der Waals surface area contributed by atoms with Crippen LogP contribution in [0.2, 0.25) is 0 Å². The van der Waals surface area contributed by atoms with Gasteiger partial charge in [-0.1, -0.05) is 5.16 Å². The van der Waals surface area contributed by atoms with Crippen molar-refractivity contribution in [2.75, 3.05) is 6.61 Å². The molecule has 0 amide bonds. The van der Waals surface area contributed by atoms with Gasteiger partial charge in [-0.3, -0.25) is 0 Å². The van der Waals surface area contributed by atoms with E-state index in [2.05, 4.69) is 9.99 Å². The van der Waals surface area contributed by atoms with Gasteiger partial charge in [-0.05, 0) is 0 Å². The number of amidine groups is 1. The van der Waals surface area contributed by atoms with E-state index in [0.717, 1.165) is 0 Å². The van der Waals surface area contributed by atoms with Crippen LogP contribution in [0.4, 0.5) is 0 Å². The maximum absolute atomic E-state index is 5.48. The minimum absolute atomic E-state index is 0.208. The van der Waals surface area contributed by atoms with Crippen molar-refractivity contribution in [1.82, 2.24) is 0 Å². The molecule has 1 aliphatic rings. The number of hydrogen-bond donors (Lipinski definition) is 1. The molecule has 7 heavy (non-hydrogen) atoms. The summed E-state index contributed by atoms with van der Waals surface area (Å²) in [6.07, 6.45) is 0. The van der Waals surface area contributed by atoms with E-state index in [4.69, 9.17) is 17.3 Å². The van der Waals surface area contributed by atoms with Gasteiger partial charge in [-0.25, -0.2) is 0 Å². The summed E-state index contributed by atoms with van der Waals surface area (Å²) < 4.78 is 0. The molecule has 0 aromatic carbocycles. The molecule has 0 aromatic heterocycles. The number of nitrogens with zero attached hydrogens (tertiary/aromatic N) is 1. The molecule has 0 aromatic rings. The molecule has 0 saturated heterocycles. The standard InChI is InChI=1S/C3H5ClN2O/c4-2-1-7-6-3(2)5/h2H,1H2,(H2,5,6). The Labute approximate surface area is 46.1 Å². The number of oxime groups is 1. The van der Waals surface area contributed by atoms with Crippen LogP contribution in [0.5, 0.6) is 0 Å². The fourth-order valence-electron chi connectivity index (χ4n) is 0.320. The highest BCUT2D eigenvalue weighted by molar-refractivity contribution is 6.31. The molecule has 2 N–H and O–H groups in total. The molecule has 0 spiro atoms. The van der Waals surface area contributed by atoms with Gasteiger partial charge in [0.15, 0.2) is 5.84 Å². The molecule has 1 heterocycles. The van der Waals surface area contributed by atoms with E-state index < -0.39 is 0 Å². The number of rotatable bonds is 0. The Morgan fingerprint density at radius 3 is 2.86 bits per heavy atom. The lowest BCUT2D eigenvalue weighted by atomic mass is 10.4. The van der Waals surface area contributed by atoms with Gasteiger partial charge in [0.25, 0.3) is 0 Å². The zero-order valence-electron chi connectivity index (χ0n) is 3.60. The van der Waals surface area contributed by atoms with E-state index in [1.54, 1.807) is 0 Å². The summed E-state index contributed by atoms with van der Waals surface area (Å²) in [5.74, 6) is 0.377. The van der Waals surface area contributed by atoms with Crippen LogP contribution >= 0.6 is 11.6 Å². The fourth-order valence-corrected chi connectivity index (χ4v) is 0.416. The average molecular weight is 121 g/mol. The summed E-state index contributed by atoms with van der Waals surface area (Å²) in [7, 11) is 0. The van der Waals surface area contributed by atoms with Crippen molar-refractivity contribution < 1.29 is 4.84 Å². The number of halogens is 1. The smallest absolute Gasteiger partial charge is 0.161 e. The summed E-state index contributed by atoms with van der Waals surface area (Å²) in [4.78, 5) is 4.50. The van der Waals surface area contributed by atoms with Crippen LogP contribution in [0.3, 0.4) is 0 Å². The first-order valence-electron chi connectivity index (χ1n) is 1.90. The molecule has 0 fully saturated rings. The van der Waals surface area contributed by atoms with Gasteiger partial charge in [-0.2, -0.15) is 0 Å². The van der Waals surface area contributed by atoms with E-state index in [-0.39, 0.29) is 5.38 Å². The largest absolute Gasteiger partial charge is 0.392 e. The minimum Gasteiger partial charge on any atom is -0.392 e. The normalized spacial score (nSPS) is 29.3. The summed E-state index contributed by atoms with van der Waals surface area (Å²) in [5.41, 5.74) is 5.17. The van der Waals surface area contributed by atoms with Gasteiger partial charge in [0.1, 0.15) is 12.0 Å². The van der Waals surface area contributed by atoms with Crippen LogP contribution in [0.1, 0.15) is 0 Å². The van der Waals surface area contributed by atoms with Crippen LogP contribution < -0.4 is 5.73 Å². The molecule has 40 valence electrons. The molecule has 1 aliphatic heterocycles. The molecule has 1 unspecified atom stereocenters. The van der Waals surface area contributed by atoms with Crippen molar-refractivity contribution in [2.45, 2.75) is 5.38 Å². The van der Waals surface area contributed by atoms with E-state index in [1.165, 1.54) is 0 Å². The zero-order valence-corrected chi connectivity index (χ0v) is 4.35. The lowest BCUT2D eigenvalue weighted by Crippen LogP contribution is -2.21. The van der Waals surface area contributed by atoms with E-state index in [1.807, 2.05) is 0 Å². The van der Waals surface area contributed by atoms with Crippen LogP contribution in [-0.4, -0.2) is 17.8 Å². The maximum atomic E-state index is 5.48. The van der Waals surface area contributed by atoms with Gasteiger partial charge in [0, 0.05) is 0 Å². The molecule has 0 saturated carbocycles. The molecular weight excluding hydrogens is 115 g/mol. The highest BCUT2D eigenvalue weighted by Gasteiger charge is 2.15. The van der Waals surface area contributed by atoms with Crippen LogP contribution in [0, 0.1) is 0 Å². The Hall–Kier alpha value is -0.440. The summed E-state index contributed by atoms with van der Waals surface area (Å²) in [6, 6.07) is 0. The van der Waals surface area contributed by atoms with E-state index in [0.29, 0.717) is 12.4 Å². The quantitative estimate of drug-likeness (QED) is 0.454. The van der Waals surface area contributed by atoms with Gasteiger partial charge < -0.3 is 10.6 Å². The van der Waals surface area contributed by atoms with Crippen LogP contribution in [-0.2, 0) is 4.84 Å². The first-order valence-corrected chi connectivity index (χ1v) is 2.34. The van der Waals surface area contributed by atoms with Crippen molar-refractivity contribution in [3.8, 4) is 0 Å². The van der Waals surface area contributed by atoms with Crippen molar-refractivity contribution in [3.05, 3.63) is 0 Å². The predicted molar refractivity (Wildman–Crippen MR) is 27.2 cm³/mol. The van der Waals surface area contributed by atoms with Gasteiger partial charge >= 0.3 is 0 Å². The topological polar surface area (TPSA) is 47.6 Å². The highest BCUT2D eigenvalue weighted by Crippen LogP contribution is 2.03. The average Bonchev–Trinajstić information content (AvgIpc) is 1.91. The van der Waals surface area contributed by atoms with Crippen molar-refractivity contribution in [1.29, 1.82) is 0 Å². The van der Waals surface area contributed by atoms with Gasteiger partial charge in [-0.15, -0.1) is 11.6 Å². The maximum Gasteiger partial charge on any atom is 0.161 e. The molecule has 1 atom stereocenters. The third-order valence-electron chi connectivity index (χ3n) is 0.712. The van der Waals surface area contributed by atoms with Crippen molar-refractivity contribution in [2.24, 2.45) is 10.9 Å². The molecule has 0 radical (unpaired) electrons. The lowest BCUT2D eigenvalue weighted by molar-refractivity contribution is 0.175. The van der Waals surface area contributed by atoms with Crippen molar-refractivity contribution >= 4 is 17.4 Å². The van der Waals surface area contributed by atoms with Crippen LogP contribution in [0.25, 0.3) is 0 Å². The minimum atomic E-state index is -0.208. The number of nitrogens with two attached hydrogens (primary N) is 1. The fraction of sp³-hybridized carbons (Fsp3) is 0.667. The lowest BCUT2D eigenvalue weighted by Gasteiger charge is -1.89.